The topological polar surface area (TPSA) is 61.6 Å². The maximum absolute atomic E-state index is 10.4. The highest BCUT2D eigenvalue weighted by Gasteiger charge is 2.34. The Labute approximate surface area is 89.9 Å². The summed E-state index contributed by atoms with van der Waals surface area (Å²) in [7, 11) is 0. The molecule has 1 atom stereocenters. The molecule has 5 heteroatoms. The molecule has 1 unspecified atom stereocenters. The van der Waals surface area contributed by atoms with Crippen LogP contribution in [0.5, 0.6) is 0 Å². The molecule has 1 saturated heterocycles. The number of hydrogen-bond donors (Lipinski definition) is 0. The van der Waals surface area contributed by atoms with E-state index in [1.54, 1.807) is 0 Å². The van der Waals surface area contributed by atoms with Gasteiger partial charge in [-0.05, 0) is 6.42 Å². The van der Waals surface area contributed by atoms with Crippen LogP contribution in [0.1, 0.15) is 27.2 Å². The van der Waals surface area contributed by atoms with E-state index in [1.165, 1.54) is 0 Å². The summed E-state index contributed by atoms with van der Waals surface area (Å²) >= 11 is 0. The summed E-state index contributed by atoms with van der Waals surface area (Å²) in [4.78, 5) is 10.1. The molecule has 0 aromatic heterocycles. The first-order valence-electron chi connectivity index (χ1n) is 5.29. The predicted octanol–water partition coefficient (Wildman–Crippen LogP) is 1.69. The molecule has 1 rings (SSSR count). The molecule has 0 aromatic carbocycles. The van der Waals surface area contributed by atoms with E-state index in [0.717, 1.165) is 0 Å². The third kappa shape index (κ3) is 3.76. The highest BCUT2D eigenvalue weighted by Crippen LogP contribution is 2.27. The molecule has 0 amide bonds. The normalized spacial score (nSPS) is 23.7. The summed E-state index contributed by atoms with van der Waals surface area (Å²) < 4.78 is 11.0. The fraction of sp³-hybridized carbons (Fsp3) is 1.00. The SMILES string of the molecule is CCC(C[N+](=O)[O-])C1OCC(C)(C)CO1. The first kappa shape index (κ1) is 12.4. The van der Waals surface area contributed by atoms with Crippen molar-refractivity contribution in [2.24, 2.45) is 11.3 Å². The Kier molecular flexibility index (Phi) is 4.04. The smallest absolute Gasteiger partial charge is 0.211 e. The Bertz CT molecular complexity index is 219. The monoisotopic (exact) mass is 217 g/mol. The molecule has 0 radical (unpaired) electrons. The lowest BCUT2D eigenvalue weighted by atomic mass is 9.94. The Morgan fingerprint density at radius 3 is 2.40 bits per heavy atom. The molecule has 5 nitrogen and oxygen atoms in total. The van der Waals surface area contributed by atoms with Crippen LogP contribution in [0.25, 0.3) is 0 Å². The average molecular weight is 217 g/mol. The minimum Gasteiger partial charge on any atom is -0.351 e. The highest BCUT2D eigenvalue weighted by atomic mass is 16.7. The van der Waals surface area contributed by atoms with Gasteiger partial charge in [0.15, 0.2) is 6.29 Å². The van der Waals surface area contributed by atoms with E-state index in [-0.39, 0.29) is 22.8 Å². The second-order valence-corrected chi connectivity index (χ2v) is 4.84. The first-order valence-corrected chi connectivity index (χ1v) is 5.29. The second-order valence-electron chi connectivity index (χ2n) is 4.84. The third-order valence-electron chi connectivity index (χ3n) is 2.57. The largest absolute Gasteiger partial charge is 0.351 e. The lowest BCUT2D eigenvalue weighted by molar-refractivity contribution is -0.495. The Morgan fingerprint density at radius 2 is 2.00 bits per heavy atom. The maximum atomic E-state index is 10.4. The lowest BCUT2D eigenvalue weighted by Crippen LogP contribution is -2.42. The van der Waals surface area contributed by atoms with Crippen LogP contribution in [0.15, 0.2) is 0 Å². The molecule has 0 N–H and O–H groups in total. The van der Waals surface area contributed by atoms with E-state index in [2.05, 4.69) is 13.8 Å². The molecule has 88 valence electrons. The van der Waals surface area contributed by atoms with Crippen molar-refractivity contribution in [3.8, 4) is 0 Å². The minimum atomic E-state index is -0.409. The van der Waals surface area contributed by atoms with Crippen molar-refractivity contribution in [3.63, 3.8) is 0 Å². The molecule has 0 bridgehead atoms. The van der Waals surface area contributed by atoms with E-state index in [4.69, 9.17) is 9.47 Å². The quantitative estimate of drug-likeness (QED) is 0.531. The van der Waals surface area contributed by atoms with Gasteiger partial charge in [0.2, 0.25) is 6.54 Å². The van der Waals surface area contributed by atoms with Gasteiger partial charge < -0.3 is 9.47 Å². The highest BCUT2D eigenvalue weighted by molar-refractivity contribution is 4.74. The van der Waals surface area contributed by atoms with Crippen molar-refractivity contribution in [2.75, 3.05) is 19.8 Å². The van der Waals surface area contributed by atoms with Gasteiger partial charge in [-0.1, -0.05) is 20.8 Å². The van der Waals surface area contributed by atoms with Gasteiger partial charge in [-0.15, -0.1) is 0 Å². The Morgan fingerprint density at radius 1 is 1.47 bits per heavy atom. The lowest BCUT2D eigenvalue weighted by Gasteiger charge is -2.36. The predicted molar refractivity (Wildman–Crippen MR) is 55.1 cm³/mol. The summed E-state index contributed by atoms with van der Waals surface area (Å²) in [6.45, 7) is 7.15. The van der Waals surface area contributed by atoms with Crippen LogP contribution in [-0.2, 0) is 9.47 Å². The first-order chi connectivity index (χ1) is 6.94. The average Bonchev–Trinajstić information content (AvgIpc) is 2.14. The van der Waals surface area contributed by atoms with Crippen molar-refractivity contribution >= 4 is 0 Å². The molecule has 1 aliphatic rings. The van der Waals surface area contributed by atoms with Gasteiger partial charge in [0.05, 0.1) is 19.1 Å². The number of nitro groups is 1. The van der Waals surface area contributed by atoms with Crippen LogP contribution in [0.3, 0.4) is 0 Å². The molecular weight excluding hydrogens is 198 g/mol. The van der Waals surface area contributed by atoms with Gasteiger partial charge in [-0.2, -0.15) is 0 Å². The fourth-order valence-corrected chi connectivity index (χ4v) is 1.58. The summed E-state index contributed by atoms with van der Waals surface area (Å²) in [6, 6.07) is 0. The Hall–Kier alpha value is -0.680. The molecule has 0 aromatic rings. The molecule has 1 fully saturated rings. The van der Waals surface area contributed by atoms with Crippen molar-refractivity contribution in [3.05, 3.63) is 10.1 Å². The van der Waals surface area contributed by atoms with Gasteiger partial charge in [-0.25, -0.2) is 0 Å². The van der Waals surface area contributed by atoms with E-state index in [1.807, 2.05) is 6.92 Å². The van der Waals surface area contributed by atoms with Crippen LogP contribution in [0.2, 0.25) is 0 Å². The van der Waals surface area contributed by atoms with Crippen LogP contribution >= 0.6 is 0 Å². The molecule has 1 heterocycles. The zero-order valence-corrected chi connectivity index (χ0v) is 9.56. The van der Waals surface area contributed by atoms with E-state index < -0.39 is 6.29 Å². The molecule has 15 heavy (non-hydrogen) atoms. The van der Waals surface area contributed by atoms with Gasteiger partial charge in [0.1, 0.15) is 0 Å². The van der Waals surface area contributed by atoms with Crippen molar-refractivity contribution < 1.29 is 14.4 Å². The van der Waals surface area contributed by atoms with Crippen molar-refractivity contribution in [1.82, 2.24) is 0 Å². The number of rotatable bonds is 4. The van der Waals surface area contributed by atoms with Crippen molar-refractivity contribution in [2.45, 2.75) is 33.5 Å². The number of nitrogens with zero attached hydrogens (tertiary/aromatic N) is 1. The van der Waals surface area contributed by atoms with Crippen molar-refractivity contribution in [1.29, 1.82) is 0 Å². The molecule has 1 aliphatic heterocycles. The maximum Gasteiger partial charge on any atom is 0.211 e. The summed E-state index contributed by atoms with van der Waals surface area (Å²) in [6.07, 6.45) is 0.292. The van der Waals surface area contributed by atoms with Gasteiger partial charge >= 0.3 is 0 Å². The van der Waals surface area contributed by atoms with E-state index in [9.17, 15) is 10.1 Å². The van der Waals surface area contributed by atoms with Gasteiger partial charge in [-0.3, -0.25) is 10.1 Å². The molecule has 0 spiro atoms. The van der Waals surface area contributed by atoms with Crippen LogP contribution in [0, 0.1) is 21.4 Å². The zero-order chi connectivity index (χ0) is 11.5. The number of hydrogen-bond acceptors (Lipinski definition) is 4. The Balaban J connectivity index is 2.46. The zero-order valence-electron chi connectivity index (χ0n) is 9.56. The van der Waals surface area contributed by atoms with Gasteiger partial charge in [0, 0.05) is 10.3 Å². The van der Waals surface area contributed by atoms with Crippen LogP contribution in [-0.4, -0.2) is 31.0 Å². The van der Waals surface area contributed by atoms with Gasteiger partial charge in [0.25, 0.3) is 0 Å². The molecular formula is C10H19NO4. The summed E-state index contributed by atoms with van der Waals surface area (Å²) in [5, 5.41) is 10.4. The van der Waals surface area contributed by atoms with Crippen LogP contribution in [0.4, 0.5) is 0 Å². The van der Waals surface area contributed by atoms with E-state index in [0.29, 0.717) is 19.6 Å². The summed E-state index contributed by atoms with van der Waals surface area (Å²) in [5.41, 5.74) is 0.0173. The molecule has 0 aliphatic carbocycles. The minimum absolute atomic E-state index is 0.0173. The fourth-order valence-electron chi connectivity index (χ4n) is 1.58. The number of ether oxygens (including phenoxy) is 2. The second kappa shape index (κ2) is 4.90. The van der Waals surface area contributed by atoms with Crippen LogP contribution < -0.4 is 0 Å². The standard InChI is InChI=1S/C10H19NO4/c1-4-8(5-11(12)13)9-14-6-10(2,3)7-15-9/h8-9H,4-7H2,1-3H3. The van der Waals surface area contributed by atoms with E-state index >= 15 is 0 Å². The molecule has 0 saturated carbocycles. The third-order valence-corrected chi connectivity index (χ3v) is 2.57. The summed E-state index contributed by atoms with van der Waals surface area (Å²) in [5.74, 6) is -0.143.